The van der Waals surface area contributed by atoms with Crippen molar-refractivity contribution in [1.82, 2.24) is 4.98 Å². The number of nitrogens with zero attached hydrogens (tertiary/aromatic N) is 1. The van der Waals surface area contributed by atoms with Gasteiger partial charge < -0.3 is 0 Å². The van der Waals surface area contributed by atoms with Gasteiger partial charge in [0.05, 0.1) is 0 Å². The Balaban J connectivity index is 1.61. The van der Waals surface area contributed by atoms with E-state index in [1.807, 2.05) is 6.20 Å². The lowest BCUT2D eigenvalue weighted by atomic mass is 9.76. The van der Waals surface area contributed by atoms with E-state index >= 15 is 0 Å². The highest BCUT2D eigenvalue weighted by Gasteiger charge is 2.25. The van der Waals surface area contributed by atoms with Crippen molar-refractivity contribution in [1.29, 1.82) is 0 Å². The monoisotopic (exact) mass is 451 g/mol. The molecule has 1 heterocycles. The molecule has 0 saturated heterocycles. The average molecular weight is 452 g/mol. The van der Waals surface area contributed by atoms with E-state index in [-0.39, 0.29) is 10.8 Å². The maximum absolute atomic E-state index is 4.61. The minimum absolute atomic E-state index is 0.0593. The van der Waals surface area contributed by atoms with Crippen LogP contribution in [0, 0.1) is 0 Å². The molecule has 0 fully saturated rings. The van der Waals surface area contributed by atoms with Crippen LogP contribution >= 0.6 is 0 Å². The summed E-state index contributed by atoms with van der Waals surface area (Å²) in [7, 11) is 0. The van der Waals surface area contributed by atoms with Crippen LogP contribution in [0.4, 0.5) is 0 Å². The van der Waals surface area contributed by atoms with Crippen LogP contribution in [0.3, 0.4) is 0 Å². The predicted octanol–water partition coefficient (Wildman–Crippen LogP) is 9.67. The first kappa shape index (κ1) is 24.5. The van der Waals surface area contributed by atoms with Gasteiger partial charge in [-0.25, -0.2) is 0 Å². The third kappa shape index (κ3) is 4.90. The van der Waals surface area contributed by atoms with Crippen molar-refractivity contribution in [2.75, 3.05) is 0 Å². The normalized spacial score (nSPS) is 13.7. The number of aromatic nitrogens is 1. The molecule has 0 amide bonds. The van der Waals surface area contributed by atoms with Gasteiger partial charge in [0.25, 0.3) is 0 Å². The molecule has 34 heavy (non-hydrogen) atoms. The molecular formula is C33H41N. The molecule has 4 rings (SSSR count). The van der Waals surface area contributed by atoms with Crippen molar-refractivity contribution in [2.45, 2.75) is 90.9 Å². The summed E-state index contributed by atoms with van der Waals surface area (Å²) in [6.07, 6.45) is 6.38. The molecule has 1 atom stereocenters. The SMILES string of the molecule is CC(C)c1ccc2cncc(C(C)(C)CCC(C)c3ccc4cccc(C(C)(C)C)c4c3)c2c1. The molecule has 0 aliphatic heterocycles. The summed E-state index contributed by atoms with van der Waals surface area (Å²) in [6.45, 7) is 18.6. The summed E-state index contributed by atoms with van der Waals surface area (Å²) >= 11 is 0. The van der Waals surface area contributed by atoms with Crippen molar-refractivity contribution in [3.8, 4) is 0 Å². The molecule has 0 N–H and O–H groups in total. The van der Waals surface area contributed by atoms with E-state index in [1.54, 1.807) is 0 Å². The van der Waals surface area contributed by atoms with Gasteiger partial charge in [0.2, 0.25) is 0 Å². The lowest BCUT2D eigenvalue weighted by molar-refractivity contribution is 0.441. The Hall–Kier alpha value is -2.67. The lowest BCUT2D eigenvalue weighted by Crippen LogP contribution is -2.19. The molecule has 0 saturated carbocycles. The molecule has 1 unspecified atom stereocenters. The maximum atomic E-state index is 4.61. The van der Waals surface area contributed by atoms with Crippen molar-refractivity contribution in [3.63, 3.8) is 0 Å². The molecule has 1 heteroatoms. The van der Waals surface area contributed by atoms with E-state index < -0.39 is 0 Å². The average Bonchev–Trinajstić information content (AvgIpc) is 2.80. The van der Waals surface area contributed by atoms with Gasteiger partial charge in [0.15, 0.2) is 0 Å². The first-order valence-corrected chi connectivity index (χ1v) is 12.9. The van der Waals surface area contributed by atoms with Crippen LogP contribution in [-0.4, -0.2) is 4.98 Å². The van der Waals surface area contributed by atoms with Crippen molar-refractivity contribution < 1.29 is 0 Å². The fraction of sp³-hybridized carbons (Fsp3) is 0.424. The third-order valence-corrected chi connectivity index (χ3v) is 7.67. The van der Waals surface area contributed by atoms with Crippen LogP contribution in [0.25, 0.3) is 21.5 Å². The Labute approximate surface area is 206 Å². The van der Waals surface area contributed by atoms with Gasteiger partial charge in [-0.15, -0.1) is 0 Å². The van der Waals surface area contributed by atoms with E-state index in [4.69, 9.17) is 0 Å². The van der Waals surface area contributed by atoms with E-state index in [2.05, 4.69) is 121 Å². The Morgan fingerprint density at radius 1 is 0.706 bits per heavy atom. The molecule has 0 aliphatic carbocycles. The highest BCUT2D eigenvalue weighted by Crippen LogP contribution is 2.38. The Bertz CT molecular complexity index is 1300. The standard InChI is InChI=1S/C33H41N/c1-22(2)25-13-15-27-20-34-21-31(29(27)18-25)33(7,8)17-16-23(3)26-14-12-24-10-9-11-30(28(24)19-26)32(4,5)6/h9-15,18-23H,16-17H2,1-8H3. The Morgan fingerprint density at radius 2 is 1.35 bits per heavy atom. The molecule has 0 aliphatic rings. The van der Waals surface area contributed by atoms with Crippen LogP contribution in [0.1, 0.15) is 102 Å². The molecule has 0 spiro atoms. The van der Waals surface area contributed by atoms with E-state index in [0.717, 1.165) is 12.8 Å². The topological polar surface area (TPSA) is 12.9 Å². The summed E-state index contributed by atoms with van der Waals surface area (Å²) in [5, 5.41) is 5.34. The highest BCUT2D eigenvalue weighted by atomic mass is 14.6. The van der Waals surface area contributed by atoms with Crippen LogP contribution in [0.15, 0.2) is 67.0 Å². The van der Waals surface area contributed by atoms with Crippen LogP contribution in [0.5, 0.6) is 0 Å². The van der Waals surface area contributed by atoms with Gasteiger partial charge in [-0.05, 0) is 73.9 Å². The fourth-order valence-corrected chi connectivity index (χ4v) is 5.21. The molecule has 4 aromatic rings. The highest BCUT2D eigenvalue weighted by molar-refractivity contribution is 5.88. The van der Waals surface area contributed by atoms with Gasteiger partial charge in [0, 0.05) is 17.8 Å². The number of hydrogen-bond donors (Lipinski definition) is 0. The minimum Gasteiger partial charge on any atom is -0.264 e. The molecule has 0 bridgehead atoms. The second-order valence-electron chi connectivity index (χ2n) is 12.2. The summed E-state index contributed by atoms with van der Waals surface area (Å²) < 4.78 is 0. The van der Waals surface area contributed by atoms with E-state index in [0.29, 0.717) is 11.8 Å². The molecule has 178 valence electrons. The van der Waals surface area contributed by atoms with Crippen LogP contribution in [-0.2, 0) is 10.8 Å². The molecular weight excluding hydrogens is 410 g/mol. The summed E-state index contributed by atoms with van der Waals surface area (Å²) in [4.78, 5) is 4.61. The second-order valence-corrected chi connectivity index (χ2v) is 12.2. The maximum Gasteiger partial charge on any atom is 0.0346 e. The first-order chi connectivity index (χ1) is 16.0. The smallest absolute Gasteiger partial charge is 0.0346 e. The van der Waals surface area contributed by atoms with Gasteiger partial charge >= 0.3 is 0 Å². The zero-order chi connectivity index (χ0) is 24.7. The number of hydrogen-bond acceptors (Lipinski definition) is 1. The first-order valence-electron chi connectivity index (χ1n) is 12.9. The van der Waals surface area contributed by atoms with Crippen LogP contribution < -0.4 is 0 Å². The summed E-state index contributed by atoms with van der Waals surface area (Å²) in [6, 6.07) is 20.7. The van der Waals surface area contributed by atoms with Gasteiger partial charge in [-0.2, -0.15) is 0 Å². The third-order valence-electron chi connectivity index (χ3n) is 7.67. The molecule has 3 aromatic carbocycles. The molecule has 1 aromatic heterocycles. The molecule has 0 radical (unpaired) electrons. The lowest BCUT2D eigenvalue weighted by Gasteiger charge is -2.28. The number of fused-ring (bicyclic) bond motifs is 2. The van der Waals surface area contributed by atoms with E-state index in [1.165, 1.54) is 43.8 Å². The van der Waals surface area contributed by atoms with Gasteiger partial charge in [-0.1, -0.05) is 110 Å². The zero-order valence-corrected chi connectivity index (χ0v) is 22.4. The number of rotatable bonds is 6. The number of benzene rings is 3. The Morgan fingerprint density at radius 3 is 2.06 bits per heavy atom. The zero-order valence-electron chi connectivity index (χ0n) is 22.4. The predicted molar refractivity (Wildman–Crippen MR) is 149 cm³/mol. The van der Waals surface area contributed by atoms with E-state index in [9.17, 15) is 0 Å². The summed E-state index contributed by atoms with van der Waals surface area (Å²) in [5.74, 6) is 1.03. The Kier molecular flexibility index (Phi) is 6.60. The summed E-state index contributed by atoms with van der Waals surface area (Å²) in [5.41, 5.74) is 5.84. The molecule has 1 nitrogen and oxygen atoms in total. The van der Waals surface area contributed by atoms with Crippen molar-refractivity contribution in [3.05, 3.63) is 89.2 Å². The van der Waals surface area contributed by atoms with Crippen molar-refractivity contribution >= 4 is 21.5 Å². The fourth-order valence-electron chi connectivity index (χ4n) is 5.21. The van der Waals surface area contributed by atoms with Crippen molar-refractivity contribution in [2.24, 2.45) is 0 Å². The quantitative estimate of drug-likeness (QED) is 0.284. The number of pyridine rings is 1. The second kappa shape index (κ2) is 9.17. The van der Waals surface area contributed by atoms with Gasteiger partial charge in [0.1, 0.15) is 0 Å². The van der Waals surface area contributed by atoms with Crippen LogP contribution in [0.2, 0.25) is 0 Å². The largest absolute Gasteiger partial charge is 0.264 e. The minimum atomic E-state index is 0.0593. The van der Waals surface area contributed by atoms with Gasteiger partial charge in [-0.3, -0.25) is 4.98 Å².